The van der Waals surface area contributed by atoms with E-state index in [1.807, 2.05) is 25.2 Å². The lowest BCUT2D eigenvalue weighted by Crippen LogP contribution is -2.17. The van der Waals surface area contributed by atoms with Gasteiger partial charge in [0, 0.05) is 23.7 Å². The minimum absolute atomic E-state index is 0.0212. The fraction of sp³-hybridized carbons (Fsp3) is 0.250. The molecule has 0 aliphatic rings. The predicted molar refractivity (Wildman–Crippen MR) is 71.6 cm³/mol. The molecule has 0 amide bonds. The zero-order valence-electron chi connectivity index (χ0n) is 9.43. The van der Waals surface area contributed by atoms with Crippen molar-refractivity contribution in [3.63, 3.8) is 0 Å². The molecule has 0 bridgehead atoms. The minimum Gasteiger partial charge on any atom is -0.392 e. The van der Waals surface area contributed by atoms with Crippen LogP contribution in [-0.2, 0) is 13.2 Å². The molecule has 0 aromatic carbocycles. The third-order valence-electron chi connectivity index (χ3n) is 2.49. The van der Waals surface area contributed by atoms with Gasteiger partial charge in [-0.15, -0.1) is 11.3 Å². The highest BCUT2D eigenvalue weighted by molar-refractivity contribution is 7.16. The van der Waals surface area contributed by atoms with Crippen LogP contribution in [0.1, 0.15) is 10.4 Å². The lowest BCUT2D eigenvalue weighted by molar-refractivity contribution is 0.282. The fourth-order valence-electron chi connectivity index (χ4n) is 1.65. The highest BCUT2D eigenvalue weighted by Crippen LogP contribution is 2.25. The van der Waals surface area contributed by atoms with E-state index in [2.05, 4.69) is 9.88 Å². The highest BCUT2D eigenvalue weighted by atomic mass is 35.5. The van der Waals surface area contributed by atoms with Gasteiger partial charge in [-0.25, -0.2) is 0 Å². The first kappa shape index (κ1) is 12.4. The maximum Gasteiger partial charge on any atom is 0.0931 e. The topological polar surface area (TPSA) is 36.4 Å². The van der Waals surface area contributed by atoms with Crippen molar-refractivity contribution >= 4 is 28.6 Å². The Morgan fingerprint density at radius 1 is 1.41 bits per heavy atom. The number of aromatic nitrogens is 1. The second-order valence-corrected chi connectivity index (χ2v) is 5.52. The van der Waals surface area contributed by atoms with Crippen molar-refractivity contribution in [3.8, 4) is 0 Å². The first-order chi connectivity index (χ1) is 8.20. The van der Waals surface area contributed by atoms with Crippen molar-refractivity contribution in [2.75, 3.05) is 11.9 Å². The predicted octanol–water partition coefficient (Wildman–Crippen LogP) is 2.93. The molecule has 0 aliphatic heterocycles. The van der Waals surface area contributed by atoms with E-state index in [0.717, 1.165) is 22.1 Å². The maximum atomic E-state index is 9.26. The molecule has 2 heterocycles. The summed E-state index contributed by atoms with van der Waals surface area (Å²) in [5.41, 5.74) is 1.82. The number of thiophene rings is 1. The van der Waals surface area contributed by atoms with Gasteiger partial charge in [-0.1, -0.05) is 11.6 Å². The molecule has 0 saturated carbocycles. The molecule has 5 heteroatoms. The summed E-state index contributed by atoms with van der Waals surface area (Å²) < 4.78 is 0.793. The molecule has 2 aromatic rings. The second kappa shape index (κ2) is 5.49. The van der Waals surface area contributed by atoms with E-state index in [1.165, 1.54) is 4.88 Å². The van der Waals surface area contributed by atoms with Crippen LogP contribution in [0.4, 0.5) is 5.69 Å². The van der Waals surface area contributed by atoms with Gasteiger partial charge in [-0.3, -0.25) is 4.98 Å². The first-order valence-electron chi connectivity index (χ1n) is 5.20. The number of pyridine rings is 1. The zero-order chi connectivity index (χ0) is 12.3. The van der Waals surface area contributed by atoms with Crippen LogP contribution in [0.2, 0.25) is 4.34 Å². The van der Waals surface area contributed by atoms with Crippen LogP contribution in [-0.4, -0.2) is 17.1 Å². The molecule has 1 N–H and O–H groups in total. The Kier molecular flexibility index (Phi) is 3.99. The molecule has 2 aromatic heterocycles. The van der Waals surface area contributed by atoms with Crippen molar-refractivity contribution in [3.05, 3.63) is 45.4 Å². The van der Waals surface area contributed by atoms with E-state index in [1.54, 1.807) is 23.7 Å². The Morgan fingerprint density at radius 2 is 2.24 bits per heavy atom. The van der Waals surface area contributed by atoms with E-state index in [-0.39, 0.29) is 6.61 Å². The van der Waals surface area contributed by atoms with Crippen LogP contribution in [0.15, 0.2) is 30.6 Å². The van der Waals surface area contributed by atoms with Gasteiger partial charge in [0.25, 0.3) is 0 Å². The Balaban J connectivity index is 2.16. The SMILES string of the molecule is CN(Cc1ccc(Cl)s1)c1cnccc1CO. The normalized spacial score (nSPS) is 10.5. The fourth-order valence-corrected chi connectivity index (χ4v) is 2.79. The van der Waals surface area contributed by atoms with E-state index in [4.69, 9.17) is 11.6 Å². The number of aliphatic hydroxyl groups excluding tert-OH is 1. The molecular weight excluding hydrogens is 256 g/mol. The van der Waals surface area contributed by atoms with Gasteiger partial charge in [0.05, 0.1) is 29.4 Å². The third-order valence-corrected chi connectivity index (χ3v) is 3.71. The molecule has 0 spiro atoms. The number of aliphatic hydroxyl groups is 1. The van der Waals surface area contributed by atoms with Crippen molar-refractivity contribution < 1.29 is 5.11 Å². The van der Waals surface area contributed by atoms with E-state index in [0.29, 0.717) is 0 Å². The monoisotopic (exact) mass is 268 g/mol. The maximum absolute atomic E-state index is 9.26. The molecule has 90 valence electrons. The Morgan fingerprint density at radius 3 is 2.88 bits per heavy atom. The van der Waals surface area contributed by atoms with Crippen molar-refractivity contribution in [1.82, 2.24) is 4.98 Å². The van der Waals surface area contributed by atoms with E-state index in [9.17, 15) is 5.11 Å². The smallest absolute Gasteiger partial charge is 0.0931 e. The summed E-state index contributed by atoms with van der Waals surface area (Å²) in [5.74, 6) is 0. The number of hydrogen-bond donors (Lipinski definition) is 1. The first-order valence-corrected chi connectivity index (χ1v) is 6.39. The Bertz CT molecular complexity index is 501. The largest absolute Gasteiger partial charge is 0.392 e. The molecule has 0 fully saturated rings. The van der Waals surface area contributed by atoms with E-state index >= 15 is 0 Å². The summed E-state index contributed by atoms with van der Waals surface area (Å²) in [6.07, 6.45) is 3.45. The summed E-state index contributed by atoms with van der Waals surface area (Å²) in [6, 6.07) is 5.73. The van der Waals surface area contributed by atoms with Crippen molar-refractivity contribution in [1.29, 1.82) is 0 Å². The average Bonchev–Trinajstić information content (AvgIpc) is 2.74. The molecule has 17 heavy (non-hydrogen) atoms. The lowest BCUT2D eigenvalue weighted by Gasteiger charge is -2.20. The number of hydrogen-bond acceptors (Lipinski definition) is 4. The van der Waals surface area contributed by atoms with Gasteiger partial charge in [0.15, 0.2) is 0 Å². The van der Waals surface area contributed by atoms with Crippen LogP contribution < -0.4 is 4.90 Å². The Hall–Kier alpha value is -1.10. The highest BCUT2D eigenvalue weighted by Gasteiger charge is 2.08. The number of anilines is 1. The summed E-state index contributed by atoms with van der Waals surface area (Å²) in [5, 5.41) is 9.26. The number of nitrogens with zero attached hydrogens (tertiary/aromatic N) is 2. The van der Waals surface area contributed by atoms with Crippen molar-refractivity contribution in [2.24, 2.45) is 0 Å². The molecule has 0 atom stereocenters. The van der Waals surface area contributed by atoms with Crippen LogP contribution in [0, 0.1) is 0 Å². The van der Waals surface area contributed by atoms with Gasteiger partial charge < -0.3 is 10.0 Å². The summed E-state index contributed by atoms with van der Waals surface area (Å²) in [4.78, 5) is 7.33. The zero-order valence-corrected chi connectivity index (χ0v) is 11.0. The van der Waals surface area contributed by atoms with Gasteiger partial charge in [-0.05, 0) is 18.2 Å². The van der Waals surface area contributed by atoms with E-state index < -0.39 is 0 Å². The molecule has 0 aliphatic carbocycles. The standard InChI is InChI=1S/C12H13ClN2OS/c1-15(7-10-2-3-12(13)17-10)11-6-14-5-4-9(11)8-16/h2-6,16H,7-8H2,1H3. The number of rotatable bonds is 4. The Labute approximate surface area is 109 Å². The van der Waals surface area contributed by atoms with Crippen LogP contribution in [0.3, 0.4) is 0 Å². The van der Waals surface area contributed by atoms with Gasteiger partial charge >= 0.3 is 0 Å². The van der Waals surface area contributed by atoms with Gasteiger partial charge in [0.1, 0.15) is 0 Å². The van der Waals surface area contributed by atoms with Crippen LogP contribution >= 0.6 is 22.9 Å². The summed E-state index contributed by atoms with van der Waals surface area (Å²) in [6.45, 7) is 0.781. The quantitative estimate of drug-likeness (QED) is 0.926. The van der Waals surface area contributed by atoms with Crippen LogP contribution in [0.5, 0.6) is 0 Å². The second-order valence-electron chi connectivity index (χ2n) is 3.72. The summed E-state index contributed by atoms with van der Waals surface area (Å²) in [7, 11) is 1.98. The summed E-state index contributed by atoms with van der Waals surface area (Å²) >= 11 is 7.46. The van der Waals surface area contributed by atoms with Crippen molar-refractivity contribution in [2.45, 2.75) is 13.2 Å². The molecular formula is C12H13ClN2OS. The molecule has 0 radical (unpaired) electrons. The van der Waals surface area contributed by atoms with Gasteiger partial charge in [0.2, 0.25) is 0 Å². The van der Waals surface area contributed by atoms with Gasteiger partial charge in [-0.2, -0.15) is 0 Å². The third kappa shape index (κ3) is 2.97. The molecule has 3 nitrogen and oxygen atoms in total. The minimum atomic E-state index is 0.0212. The lowest BCUT2D eigenvalue weighted by atomic mass is 10.2. The number of halogens is 1. The average molecular weight is 269 g/mol. The molecule has 0 saturated heterocycles. The molecule has 0 unspecified atom stereocenters. The van der Waals surface area contributed by atoms with Crippen LogP contribution in [0.25, 0.3) is 0 Å². The molecule has 2 rings (SSSR count).